The van der Waals surface area contributed by atoms with Gasteiger partial charge >= 0.3 is 0 Å². The van der Waals surface area contributed by atoms with Crippen molar-refractivity contribution in [2.45, 2.75) is 196 Å². The van der Waals surface area contributed by atoms with Crippen molar-refractivity contribution in [3.63, 3.8) is 0 Å². The standard InChI is InChI=1S/C44H72N2.Ni/c1-7-13-19-21-22-24-30-44(46-42-35-39(27-17-11-5)32-40(36-42)28-18-12-6)43(29-23-20-14-8-2)45-41-33-37(25-15-9-3)31-38(34-41)26-16-10-4;/h31-36H,7-30H2,1-6H3;. The summed E-state index contributed by atoms with van der Waals surface area (Å²) in [4.78, 5) is 11.1. The third-order valence-electron chi connectivity index (χ3n) is 9.25. The first-order valence-corrected chi connectivity index (χ1v) is 20.0. The summed E-state index contributed by atoms with van der Waals surface area (Å²) in [7, 11) is 0. The molecule has 2 nitrogen and oxygen atoms in total. The fraction of sp³-hybridized carbons (Fsp3) is 0.682. The average molecular weight is 688 g/mol. The molecule has 0 fully saturated rings. The van der Waals surface area contributed by atoms with Gasteiger partial charge in [-0.15, -0.1) is 0 Å². The molecular formula is C44H72N2Ni. The summed E-state index contributed by atoms with van der Waals surface area (Å²) in [6.07, 6.45) is 29.4. The van der Waals surface area contributed by atoms with Gasteiger partial charge in [-0.3, -0.25) is 9.98 Å². The molecule has 2 rings (SSSR count). The number of benzene rings is 2. The van der Waals surface area contributed by atoms with Crippen LogP contribution in [0.2, 0.25) is 0 Å². The molecule has 0 saturated carbocycles. The van der Waals surface area contributed by atoms with Gasteiger partial charge in [0.15, 0.2) is 0 Å². The largest absolute Gasteiger partial charge is 0.252 e. The molecule has 0 atom stereocenters. The van der Waals surface area contributed by atoms with Crippen molar-refractivity contribution < 1.29 is 16.5 Å². The Balaban J connectivity index is 0.0000110. The van der Waals surface area contributed by atoms with Crippen molar-refractivity contribution in [2.24, 2.45) is 9.98 Å². The number of aliphatic imine (C=N–C) groups is 2. The summed E-state index contributed by atoms with van der Waals surface area (Å²) in [6, 6.07) is 14.4. The Morgan fingerprint density at radius 1 is 0.362 bits per heavy atom. The van der Waals surface area contributed by atoms with E-state index in [1.165, 1.54) is 149 Å². The SMILES string of the molecule is CCCCCCCCC(=Nc1cc(CCCC)cc(CCCC)c1)C(CCCCCC)=Nc1cc(CCCC)cc(CCCC)c1.[Ni]. The van der Waals surface area contributed by atoms with Crippen LogP contribution < -0.4 is 0 Å². The summed E-state index contributed by atoms with van der Waals surface area (Å²) in [5.41, 5.74) is 10.6. The first kappa shape index (κ1) is 43.3. The van der Waals surface area contributed by atoms with Crippen LogP contribution >= 0.6 is 0 Å². The Hall–Kier alpha value is -1.73. The molecule has 0 aliphatic rings. The molecule has 0 aliphatic carbocycles. The van der Waals surface area contributed by atoms with Gasteiger partial charge in [-0.05, 0) is 124 Å². The number of aryl methyl sites for hydroxylation is 4. The number of rotatable bonds is 27. The van der Waals surface area contributed by atoms with Crippen LogP contribution in [0.5, 0.6) is 0 Å². The van der Waals surface area contributed by atoms with Crippen LogP contribution in [-0.2, 0) is 42.2 Å². The molecule has 0 saturated heterocycles. The molecule has 0 unspecified atom stereocenters. The zero-order valence-electron chi connectivity index (χ0n) is 31.6. The summed E-state index contributed by atoms with van der Waals surface area (Å²) < 4.78 is 0. The van der Waals surface area contributed by atoms with Crippen molar-refractivity contribution in [3.05, 3.63) is 58.7 Å². The Morgan fingerprint density at radius 3 is 0.957 bits per heavy atom. The van der Waals surface area contributed by atoms with Crippen LogP contribution in [0.1, 0.15) is 192 Å². The van der Waals surface area contributed by atoms with Crippen LogP contribution in [0.25, 0.3) is 0 Å². The van der Waals surface area contributed by atoms with Gasteiger partial charge in [0.25, 0.3) is 0 Å². The van der Waals surface area contributed by atoms with E-state index in [0.29, 0.717) is 0 Å². The minimum atomic E-state index is 0. The quantitative estimate of drug-likeness (QED) is 0.0507. The number of hydrogen-bond acceptors (Lipinski definition) is 2. The predicted octanol–water partition coefficient (Wildman–Crippen LogP) is 14.6. The van der Waals surface area contributed by atoms with E-state index in [9.17, 15) is 0 Å². The molecule has 0 amide bonds. The first-order valence-electron chi connectivity index (χ1n) is 20.0. The Bertz CT molecular complexity index is 1080. The van der Waals surface area contributed by atoms with Crippen molar-refractivity contribution >= 4 is 22.8 Å². The Kier molecular flexibility index (Phi) is 25.9. The van der Waals surface area contributed by atoms with Gasteiger partial charge in [-0.1, -0.05) is 131 Å². The molecule has 0 N–H and O–H groups in total. The smallest absolute Gasteiger partial charge is 0.0639 e. The van der Waals surface area contributed by atoms with Gasteiger partial charge in [-0.25, -0.2) is 0 Å². The molecule has 0 aliphatic heterocycles. The summed E-state index contributed by atoms with van der Waals surface area (Å²) in [5, 5.41) is 0. The first-order chi connectivity index (χ1) is 22.6. The second-order valence-electron chi connectivity index (χ2n) is 13.9. The summed E-state index contributed by atoms with van der Waals surface area (Å²) in [5.74, 6) is 0. The maximum Gasteiger partial charge on any atom is 0.0639 e. The topological polar surface area (TPSA) is 24.7 Å². The molecule has 268 valence electrons. The van der Waals surface area contributed by atoms with Crippen molar-refractivity contribution in [1.82, 2.24) is 0 Å². The van der Waals surface area contributed by atoms with Crippen LogP contribution in [0, 0.1) is 0 Å². The van der Waals surface area contributed by atoms with E-state index in [0.717, 1.165) is 49.9 Å². The second-order valence-corrected chi connectivity index (χ2v) is 13.9. The molecule has 0 spiro atoms. The van der Waals surface area contributed by atoms with Crippen LogP contribution in [0.3, 0.4) is 0 Å². The maximum absolute atomic E-state index is 5.56. The van der Waals surface area contributed by atoms with Gasteiger partial charge in [0.1, 0.15) is 0 Å². The zero-order chi connectivity index (χ0) is 33.2. The molecule has 47 heavy (non-hydrogen) atoms. The third kappa shape index (κ3) is 19.2. The van der Waals surface area contributed by atoms with Gasteiger partial charge in [0.2, 0.25) is 0 Å². The number of hydrogen-bond donors (Lipinski definition) is 0. The van der Waals surface area contributed by atoms with E-state index in [4.69, 9.17) is 9.98 Å². The van der Waals surface area contributed by atoms with Crippen LogP contribution in [-0.4, -0.2) is 11.4 Å². The number of nitrogens with zero attached hydrogens (tertiary/aromatic N) is 2. The predicted molar refractivity (Wildman–Crippen MR) is 208 cm³/mol. The minimum absolute atomic E-state index is 0. The molecule has 0 aromatic heterocycles. The fourth-order valence-corrected chi connectivity index (χ4v) is 6.35. The summed E-state index contributed by atoms with van der Waals surface area (Å²) >= 11 is 0. The average Bonchev–Trinajstić information content (AvgIpc) is 3.06. The Labute approximate surface area is 302 Å². The zero-order valence-corrected chi connectivity index (χ0v) is 32.6. The van der Waals surface area contributed by atoms with Crippen molar-refractivity contribution in [1.29, 1.82) is 0 Å². The van der Waals surface area contributed by atoms with E-state index < -0.39 is 0 Å². The maximum atomic E-state index is 5.56. The van der Waals surface area contributed by atoms with E-state index in [2.05, 4.69) is 77.9 Å². The summed E-state index contributed by atoms with van der Waals surface area (Å²) in [6.45, 7) is 13.8. The van der Waals surface area contributed by atoms with Gasteiger partial charge < -0.3 is 0 Å². The van der Waals surface area contributed by atoms with E-state index >= 15 is 0 Å². The Morgan fingerprint density at radius 2 is 0.638 bits per heavy atom. The minimum Gasteiger partial charge on any atom is -0.252 e. The van der Waals surface area contributed by atoms with Crippen LogP contribution in [0.4, 0.5) is 11.4 Å². The molecule has 0 bridgehead atoms. The monoisotopic (exact) mass is 687 g/mol. The number of unbranched alkanes of at least 4 members (excludes halogenated alkanes) is 12. The normalized spacial score (nSPS) is 12.0. The van der Waals surface area contributed by atoms with Crippen molar-refractivity contribution in [3.8, 4) is 0 Å². The van der Waals surface area contributed by atoms with E-state index in [-0.39, 0.29) is 16.5 Å². The van der Waals surface area contributed by atoms with Gasteiger partial charge in [-0.2, -0.15) is 0 Å². The molecular weight excluding hydrogens is 615 g/mol. The third-order valence-corrected chi connectivity index (χ3v) is 9.25. The molecule has 0 heterocycles. The molecule has 3 heteroatoms. The van der Waals surface area contributed by atoms with Crippen LogP contribution in [0.15, 0.2) is 46.4 Å². The van der Waals surface area contributed by atoms with Crippen molar-refractivity contribution in [2.75, 3.05) is 0 Å². The molecule has 0 radical (unpaired) electrons. The van der Waals surface area contributed by atoms with E-state index in [1.807, 2.05) is 0 Å². The van der Waals surface area contributed by atoms with Gasteiger partial charge in [0, 0.05) is 16.5 Å². The fourth-order valence-electron chi connectivity index (χ4n) is 6.35. The molecule has 2 aromatic rings. The van der Waals surface area contributed by atoms with E-state index in [1.54, 1.807) is 0 Å². The molecule has 2 aromatic carbocycles. The van der Waals surface area contributed by atoms with Gasteiger partial charge in [0.05, 0.1) is 22.8 Å². The second kappa shape index (κ2) is 28.1.